The molecule has 1 saturated carbocycles. The highest BCUT2D eigenvalue weighted by atomic mass is 16.3. The van der Waals surface area contributed by atoms with Gasteiger partial charge in [0.05, 0.1) is 12.0 Å². The van der Waals surface area contributed by atoms with Crippen LogP contribution in [-0.2, 0) is 4.79 Å². The molecule has 4 heteroatoms. The van der Waals surface area contributed by atoms with Crippen LogP contribution < -0.4 is 10.2 Å². The molecule has 0 aromatic heterocycles. The predicted molar refractivity (Wildman–Crippen MR) is 85.3 cm³/mol. The number of hydrogen-bond donors (Lipinski definition) is 2. The maximum absolute atomic E-state index is 12.0. The van der Waals surface area contributed by atoms with Gasteiger partial charge in [0, 0.05) is 25.3 Å². The van der Waals surface area contributed by atoms with Crippen molar-refractivity contribution in [1.29, 1.82) is 0 Å². The molecule has 0 saturated heterocycles. The van der Waals surface area contributed by atoms with Crippen molar-refractivity contribution in [1.82, 2.24) is 5.32 Å². The fourth-order valence-electron chi connectivity index (χ4n) is 2.97. The number of anilines is 1. The van der Waals surface area contributed by atoms with Gasteiger partial charge in [0.25, 0.3) is 0 Å². The summed E-state index contributed by atoms with van der Waals surface area (Å²) in [7, 11) is 0. The summed E-state index contributed by atoms with van der Waals surface area (Å²) >= 11 is 0. The zero-order valence-corrected chi connectivity index (χ0v) is 12.8. The Bertz CT molecular complexity index is 436. The first-order valence-corrected chi connectivity index (χ1v) is 7.98. The SMILES string of the molecule is CCN(CCCNC(=O)C1CCCC1O)c1ccccc1. The van der Waals surface area contributed by atoms with Crippen molar-refractivity contribution in [3.05, 3.63) is 30.3 Å². The van der Waals surface area contributed by atoms with Gasteiger partial charge in [-0.25, -0.2) is 0 Å². The van der Waals surface area contributed by atoms with Gasteiger partial charge in [0.1, 0.15) is 0 Å². The van der Waals surface area contributed by atoms with Crippen LogP contribution in [0.4, 0.5) is 5.69 Å². The van der Waals surface area contributed by atoms with Crippen LogP contribution in [0.2, 0.25) is 0 Å². The van der Waals surface area contributed by atoms with E-state index in [0.717, 1.165) is 38.8 Å². The van der Waals surface area contributed by atoms with Gasteiger partial charge in [-0.05, 0) is 44.7 Å². The van der Waals surface area contributed by atoms with Crippen molar-refractivity contribution in [2.45, 2.75) is 38.7 Å². The second kappa shape index (κ2) is 8.03. The van der Waals surface area contributed by atoms with Crippen LogP contribution in [0.25, 0.3) is 0 Å². The molecule has 116 valence electrons. The Morgan fingerprint density at radius 1 is 1.33 bits per heavy atom. The Morgan fingerprint density at radius 3 is 2.71 bits per heavy atom. The van der Waals surface area contributed by atoms with Crippen molar-refractivity contribution < 1.29 is 9.90 Å². The van der Waals surface area contributed by atoms with Crippen molar-refractivity contribution in [3.63, 3.8) is 0 Å². The summed E-state index contributed by atoms with van der Waals surface area (Å²) < 4.78 is 0. The van der Waals surface area contributed by atoms with E-state index in [2.05, 4.69) is 29.3 Å². The number of aliphatic hydroxyl groups excluding tert-OH is 1. The maximum Gasteiger partial charge on any atom is 0.225 e. The van der Waals surface area contributed by atoms with E-state index >= 15 is 0 Å². The molecule has 2 rings (SSSR count). The average molecular weight is 290 g/mol. The van der Waals surface area contributed by atoms with E-state index in [-0.39, 0.29) is 11.8 Å². The van der Waals surface area contributed by atoms with Gasteiger partial charge in [-0.15, -0.1) is 0 Å². The second-order valence-electron chi connectivity index (χ2n) is 5.66. The summed E-state index contributed by atoms with van der Waals surface area (Å²) in [6.07, 6.45) is 3.00. The van der Waals surface area contributed by atoms with Crippen molar-refractivity contribution in [3.8, 4) is 0 Å². The molecule has 0 spiro atoms. The molecule has 1 amide bonds. The second-order valence-corrected chi connectivity index (χ2v) is 5.66. The quantitative estimate of drug-likeness (QED) is 0.757. The van der Waals surface area contributed by atoms with Crippen LogP contribution in [0, 0.1) is 5.92 Å². The highest BCUT2D eigenvalue weighted by molar-refractivity contribution is 5.79. The normalized spacial score (nSPS) is 21.2. The average Bonchev–Trinajstić information content (AvgIpc) is 2.94. The van der Waals surface area contributed by atoms with Crippen LogP contribution in [-0.4, -0.2) is 36.8 Å². The molecule has 4 nitrogen and oxygen atoms in total. The molecular weight excluding hydrogens is 264 g/mol. The number of carbonyl (C=O) groups excluding carboxylic acids is 1. The van der Waals surface area contributed by atoms with Crippen LogP contribution in [0.5, 0.6) is 0 Å². The van der Waals surface area contributed by atoms with E-state index in [1.54, 1.807) is 0 Å². The summed E-state index contributed by atoms with van der Waals surface area (Å²) in [6.45, 7) is 4.69. The van der Waals surface area contributed by atoms with Crippen LogP contribution in [0.3, 0.4) is 0 Å². The van der Waals surface area contributed by atoms with E-state index in [1.165, 1.54) is 5.69 Å². The molecule has 1 aromatic rings. The van der Waals surface area contributed by atoms with E-state index < -0.39 is 6.10 Å². The molecule has 0 heterocycles. The molecule has 1 aliphatic carbocycles. The Balaban J connectivity index is 1.70. The fourth-order valence-corrected chi connectivity index (χ4v) is 2.97. The summed E-state index contributed by atoms with van der Waals surface area (Å²) in [4.78, 5) is 14.3. The molecule has 1 aromatic carbocycles. The number of rotatable bonds is 7. The Labute approximate surface area is 127 Å². The molecule has 0 radical (unpaired) electrons. The number of nitrogens with one attached hydrogen (secondary N) is 1. The van der Waals surface area contributed by atoms with Gasteiger partial charge in [0.2, 0.25) is 5.91 Å². The van der Waals surface area contributed by atoms with Gasteiger partial charge in [-0.2, -0.15) is 0 Å². The third-order valence-corrected chi connectivity index (χ3v) is 4.22. The smallest absolute Gasteiger partial charge is 0.225 e. The van der Waals surface area contributed by atoms with Gasteiger partial charge in [-0.1, -0.05) is 18.2 Å². The van der Waals surface area contributed by atoms with Gasteiger partial charge in [0.15, 0.2) is 0 Å². The lowest BCUT2D eigenvalue weighted by Gasteiger charge is -2.23. The highest BCUT2D eigenvalue weighted by Gasteiger charge is 2.30. The Kier molecular flexibility index (Phi) is 6.05. The summed E-state index contributed by atoms with van der Waals surface area (Å²) in [5.74, 6) is -0.177. The van der Waals surface area contributed by atoms with Crippen molar-refractivity contribution >= 4 is 11.6 Å². The van der Waals surface area contributed by atoms with Crippen LogP contribution >= 0.6 is 0 Å². The topological polar surface area (TPSA) is 52.6 Å². The third kappa shape index (κ3) is 4.46. The number of nitrogens with zero attached hydrogens (tertiary/aromatic N) is 1. The number of para-hydroxylation sites is 1. The highest BCUT2D eigenvalue weighted by Crippen LogP contribution is 2.25. The molecule has 2 atom stereocenters. The third-order valence-electron chi connectivity index (χ3n) is 4.22. The molecule has 1 fully saturated rings. The fraction of sp³-hybridized carbons (Fsp3) is 0.588. The van der Waals surface area contributed by atoms with Crippen molar-refractivity contribution in [2.24, 2.45) is 5.92 Å². The van der Waals surface area contributed by atoms with Gasteiger partial charge >= 0.3 is 0 Å². The van der Waals surface area contributed by atoms with Crippen LogP contribution in [0.1, 0.15) is 32.6 Å². The van der Waals surface area contributed by atoms with E-state index in [1.807, 2.05) is 18.2 Å². The molecule has 1 aliphatic rings. The molecule has 21 heavy (non-hydrogen) atoms. The number of hydrogen-bond acceptors (Lipinski definition) is 3. The monoisotopic (exact) mass is 290 g/mol. The van der Waals surface area contributed by atoms with E-state index in [9.17, 15) is 9.90 Å². The molecule has 2 N–H and O–H groups in total. The Morgan fingerprint density at radius 2 is 2.10 bits per heavy atom. The minimum atomic E-state index is -0.443. The maximum atomic E-state index is 12.0. The van der Waals surface area contributed by atoms with E-state index in [4.69, 9.17) is 0 Å². The minimum Gasteiger partial charge on any atom is -0.392 e. The molecule has 0 bridgehead atoms. The minimum absolute atomic E-state index is 0.0164. The lowest BCUT2D eigenvalue weighted by atomic mass is 10.1. The van der Waals surface area contributed by atoms with Crippen molar-refractivity contribution in [2.75, 3.05) is 24.5 Å². The first-order valence-electron chi connectivity index (χ1n) is 7.98. The number of amides is 1. The van der Waals surface area contributed by atoms with Gasteiger partial charge < -0.3 is 15.3 Å². The zero-order valence-electron chi connectivity index (χ0n) is 12.8. The first-order chi connectivity index (χ1) is 10.2. The number of benzene rings is 1. The molecule has 0 aliphatic heterocycles. The standard InChI is InChI=1S/C17H26N2O2/c1-2-19(14-8-4-3-5-9-14)13-7-12-18-17(21)15-10-6-11-16(15)20/h3-5,8-9,15-16,20H,2,6-7,10-13H2,1H3,(H,18,21). The Hall–Kier alpha value is -1.55. The summed E-state index contributed by atoms with van der Waals surface area (Å²) in [5, 5.41) is 12.7. The lowest BCUT2D eigenvalue weighted by molar-refractivity contribution is -0.127. The number of carbonyl (C=O) groups is 1. The summed E-state index contributed by atoms with van der Waals surface area (Å²) in [6, 6.07) is 10.3. The number of aliphatic hydroxyl groups is 1. The summed E-state index contributed by atoms with van der Waals surface area (Å²) in [5.41, 5.74) is 1.22. The predicted octanol–water partition coefficient (Wildman–Crippen LogP) is 2.18. The van der Waals surface area contributed by atoms with Gasteiger partial charge in [-0.3, -0.25) is 4.79 Å². The first kappa shape index (κ1) is 15.8. The van der Waals surface area contributed by atoms with Crippen LogP contribution in [0.15, 0.2) is 30.3 Å². The lowest BCUT2D eigenvalue weighted by Crippen LogP contribution is -2.36. The largest absolute Gasteiger partial charge is 0.392 e. The molecular formula is C17H26N2O2. The van der Waals surface area contributed by atoms with E-state index in [0.29, 0.717) is 6.54 Å². The molecule has 2 unspecified atom stereocenters. The zero-order chi connectivity index (χ0) is 15.1.